The molecular weight excluding hydrogens is 609 g/mol. The Labute approximate surface area is 265 Å². The quantitative estimate of drug-likeness (QED) is 0.152. The molecule has 2 aliphatic heterocycles. The third kappa shape index (κ3) is 7.79. The topological polar surface area (TPSA) is 69.7 Å². The Bertz CT molecular complexity index is 1450. The molecular formula is C33H37F3N2O6S. The van der Waals surface area contributed by atoms with Gasteiger partial charge in [0, 0.05) is 29.4 Å². The molecule has 5 rings (SSSR count). The molecule has 3 aromatic rings. The summed E-state index contributed by atoms with van der Waals surface area (Å²) in [6.07, 6.45) is -1.82. The molecule has 1 saturated heterocycles. The lowest BCUT2D eigenvalue weighted by atomic mass is 10.1. The molecule has 0 saturated carbocycles. The second-order valence-electron chi connectivity index (χ2n) is 10.7. The number of methoxy groups -OCH3 is 3. The van der Waals surface area contributed by atoms with Crippen LogP contribution in [0, 0.1) is 0 Å². The molecule has 0 aromatic heterocycles. The molecule has 242 valence electrons. The fourth-order valence-corrected chi connectivity index (χ4v) is 6.71. The van der Waals surface area contributed by atoms with Crippen LogP contribution in [0.4, 0.5) is 24.5 Å². The van der Waals surface area contributed by atoms with Gasteiger partial charge in [-0.3, -0.25) is 0 Å². The van der Waals surface area contributed by atoms with Crippen LogP contribution in [0.15, 0.2) is 64.4 Å². The Hall–Kier alpha value is -3.61. The van der Waals surface area contributed by atoms with E-state index >= 15 is 0 Å². The van der Waals surface area contributed by atoms with Gasteiger partial charge in [-0.15, -0.1) is 0 Å². The molecule has 0 unspecified atom stereocenters. The van der Waals surface area contributed by atoms with Crippen molar-refractivity contribution in [2.75, 3.05) is 65.6 Å². The lowest BCUT2D eigenvalue weighted by Gasteiger charge is -2.35. The summed E-state index contributed by atoms with van der Waals surface area (Å²) < 4.78 is 67.8. The third-order valence-electron chi connectivity index (χ3n) is 7.91. The van der Waals surface area contributed by atoms with E-state index in [1.54, 1.807) is 18.2 Å². The van der Waals surface area contributed by atoms with Crippen molar-refractivity contribution in [2.24, 2.45) is 0 Å². The SMILES string of the molecule is COc1cc(C(=O)OCCOC2CCN(CCCN3c4ccccc4Sc4ccc(C(F)(F)F)cc43)CC2)cc(OC)c1OC. The minimum atomic E-state index is -4.39. The summed E-state index contributed by atoms with van der Waals surface area (Å²) in [5.74, 6) is 0.616. The number of anilines is 2. The lowest BCUT2D eigenvalue weighted by Crippen LogP contribution is -2.38. The van der Waals surface area contributed by atoms with Crippen LogP contribution in [0.3, 0.4) is 0 Å². The highest BCUT2D eigenvalue weighted by Crippen LogP contribution is 2.49. The van der Waals surface area contributed by atoms with Crippen LogP contribution in [-0.2, 0) is 15.7 Å². The smallest absolute Gasteiger partial charge is 0.416 e. The standard InChI is InChI=1S/C33H37F3N2O6S/c1-40-27-19-22(20-28(41-2)31(27)42-3)32(39)44-18-17-43-24-11-15-37(16-12-24)13-6-14-38-25-7-4-5-8-29(25)45-30-10-9-23(21-26(30)38)33(34,35)36/h4-5,7-10,19-21,24H,6,11-18H2,1-3H3. The molecule has 0 radical (unpaired) electrons. The van der Waals surface area contributed by atoms with Gasteiger partial charge in [0.1, 0.15) is 6.61 Å². The Balaban J connectivity index is 1.07. The van der Waals surface area contributed by atoms with Crippen LogP contribution in [0.25, 0.3) is 0 Å². The van der Waals surface area contributed by atoms with Crippen LogP contribution in [0.2, 0.25) is 0 Å². The van der Waals surface area contributed by atoms with Crippen LogP contribution < -0.4 is 19.1 Å². The highest BCUT2D eigenvalue weighted by molar-refractivity contribution is 7.99. The van der Waals surface area contributed by atoms with Crippen LogP contribution in [-0.4, -0.2) is 77.7 Å². The molecule has 45 heavy (non-hydrogen) atoms. The van der Waals surface area contributed by atoms with Crippen molar-refractivity contribution in [3.63, 3.8) is 0 Å². The Morgan fingerprint density at radius 3 is 2.22 bits per heavy atom. The predicted molar refractivity (Wildman–Crippen MR) is 165 cm³/mol. The number of hydrogen-bond donors (Lipinski definition) is 0. The van der Waals surface area contributed by atoms with E-state index in [4.69, 9.17) is 23.7 Å². The van der Waals surface area contributed by atoms with E-state index in [9.17, 15) is 18.0 Å². The first kappa shape index (κ1) is 32.8. The number of likely N-dealkylation sites (tertiary alicyclic amines) is 1. The molecule has 1 fully saturated rings. The Kier molecular flexibility index (Phi) is 10.7. The van der Waals surface area contributed by atoms with Gasteiger partial charge in [-0.25, -0.2) is 4.79 Å². The molecule has 2 heterocycles. The van der Waals surface area contributed by atoms with E-state index in [-0.39, 0.29) is 24.9 Å². The summed E-state index contributed by atoms with van der Waals surface area (Å²) in [6, 6.07) is 14.9. The van der Waals surface area contributed by atoms with Gasteiger partial charge in [-0.05, 0) is 68.3 Å². The van der Waals surface area contributed by atoms with E-state index in [1.165, 1.54) is 39.2 Å². The molecule has 8 nitrogen and oxygen atoms in total. The fraction of sp³-hybridized carbons (Fsp3) is 0.424. The van der Waals surface area contributed by atoms with Crippen LogP contribution in [0.1, 0.15) is 35.2 Å². The molecule has 12 heteroatoms. The normalized spacial score (nSPS) is 15.3. The molecule has 2 aliphatic rings. The summed E-state index contributed by atoms with van der Waals surface area (Å²) in [7, 11) is 4.45. The molecule has 0 atom stereocenters. The zero-order chi connectivity index (χ0) is 32.0. The summed E-state index contributed by atoms with van der Waals surface area (Å²) in [5.41, 5.74) is 1.19. The summed E-state index contributed by atoms with van der Waals surface area (Å²) >= 11 is 1.50. The number of piperidine rings is 1. The van der Waals surface area contributed by atoms with Gasteiger partial charge in [-0.1, -0.05) is 23.9 Å². The minimum Gasteiger partial charge on any atom is -0.493 e. The van der Waals surface area contributed by atoms with Gasteiger partial charge in [0.05, 0.1) is 56.5 Å². The van der Waals surface area contributed by atoms with Crippen molar-refractivity contribution in [2.45, 2.75) is 41.3 Å². The van der Waals surface area contributed by atoms with Gasteiger partial charge in [0.2, 0.25) is 5.75 Å². The van der Waals surface area contributed by atoms with Gasteiger partial charge < -0.3 is 33.5 Å². The summed E-state index contributed by atoms with van der Waals surface area (Å²) in [5, 5.41) is 0. The second-order valence-corrected chi connectivity index (χ2v) is 11.8. The number of para-hydroxylation sites is 1. The zero-order valence-corrected chi connectivity index (χ0v) is 26.3. The Morgan fingerprint density at radius 1 is 0.867 bits per heavy atom. The molecule has 0 amide bonds. The van der Waals surface area contributed by atoms with Gasteiger partial charge >= 0.3 is 12.1 Å². The van der Waals surface area contributed by atoms with E-state index in [0.29, 0.717) is 29.5 Å². The number of ether oxygens (including phenoxy) is 5. The maximum atomic E-state index is 13.5. The number of rotatable bonds is 12. The van der Waals surface area contributed by atoms with Gasteiger partial charge in [0.25, 0.3) is 0 Å². The first-order chi connectivity index (χ1) is 21.7. The van der Waals surface area contributed by atoms with E-state index in [0.717, 1.165) is 60.4 Å². The minimum absolute atomic E-state index is 0.0692. The van der Waals surface area contributed by atoms with Gasteiger partial charge in [-0.2, -0.15) is 13.2 Å². The highest BCUT2D eigenvalue weighted by atomic mass is 32.2. The number of carbonyl (C=O) groups excluding carboxylic acids is 1. The second kappa shape index (κ2) is 14.7. The van der Waals surface area contributed by atoms with Crippen molar-refractivity contribution in [1.29, 1.82) is 0 Å². The van der Waals surface area contributed by atoms with E-state index in [2.05, 4.69) is 4.90 Å². The van der Waals surface area contributed by atoms with Crippen LogP contribution in [0.5, 0.6) is 17.2 Å². The third-order valence-corrected chi connectivity index (χ3v) is 9.04. The number of hydrogen-bond acceptors (Lipinski definition) is 9. The fourth-order valence-electron chi connectivity index (χ4n) is 5.63. The predicted octanol–water partition coefficient (Wildman–Crippen LogP) is 7.06. The molecule has 3 aromatic carbocycles. The Morgan fingerprint density at radius 2 is 1.56 bits per heavy atom. The van der Waals surface area contributed by atoms with Crippen molar-refractivity contribution in [3.05, 3.63) is 65.7 Å². The first-order valence-electron chi connectivity index (χ1n) is 14.8. The lowest BCUT2D eigenvalue weighted by molar-refractivity contribution is -0.137. The molecule has 0 N–H and O–H groups in total. The maximum absolute atomic E-state index is 13.5. The largest absolute Gasteiger partial charge is 0.493 e. The van der Waals surface area contributed by atoms with Crippen molar-refractivity contribution in [1.82, 2.24) is 4.90 Å². The molecule has 0 spiro atoms. The average molecular weight is 647 g/mol. The van der Waals surface area contributed by atoms with Crippen molar-refractivity contribution in [3.8, 4) is 17.2 Å². The average Bonchev–Trinajstić information content (AvgIpc) is 3.05. The number of halogens is 3. The number of benzene rings is 3. The van der Waals surface area contributed by atoms with E-state index < -0.39 is 17.7 Å². The summed E-state index contributed by atoms with van der Waals surface area (Å²) in [6.45, 7) is 3.56. The number of alkyl halides is 3. The van der Waals surface area contributed by atoms with Crippen molar-refractivity contribution >= 4 is 29.1 Å². The van der Waals surface area contributed by atoms with E-state index in [1.807, 2.05) is 29.2 Å². The summed E-state index contributed by atoms with van der Waals surface area (Å²) in [4.78, 5) is 18.8. The van der Waals surface area contributed by atoms with Crippen LogP contribution >= 0.6 is 11.8 Å². The number of carbonyl (C=O) groups is 1. The molecule has 0 bridgehead atoms. The maximum Gasteiger partial charge on any atom is 0.416 e. The zero-order valence-electron chi connectivity index (χ0n) is 25.5. The number of nitrogens with zero attached hydrogens (tertiary/aromatic N) is 2. The molecule has 0 aliphatic carbocycles. The van der Waals surface area contributed by atoms with Crippen molar-refractivity contribution < 1.29 is 41.7 Å². The first-order valence-corrected chi connectivity index (χ1v) is 15.6. The number of esters is 1. The monoisotopic (exact) mass is 646 g/mol. The van der Waals surface area contributed by atoms with Gasteiger partial charge in [0.15, 0.2) is 11.5 Å². The highest BCUT2D eigenvalue weighted by Gasteiger charge is 2.33. The number of fused-ring (bicyclic) bond motifs is 2.